The Balaban J connectivity index is 1.82. The molecule has 10 nitrogen and oxygen atoms in total. The molecular weight excluding hydrogens is 422 g/mol. The van der Waals surface area contributed by atoms with Gasteiger partial charge in [0, 0.05) is 17.0 Å². The molecule has 3 heterocycles. The molecule has 0 spiro atoms. The highest BCUT2D eigenvalue weighted by atomic mass is 32.1. The van der Waals surface area contributed by atoms with Gasteiger partial charge in [-0.05, 0) is 50.3 Å². The van der Waals surface area contributed by atoms with Crippen molar-refractivity contribution in [3.05, 3.63) is 61.0 Å². The van der Waals surface area contributed by atoms with Crippen LogP contribution in [0, 0.1) is 10.1 Å². The Morgan fingerprint density at radius 3 is 2.71 bits per heavy atom. The first-order valence-electron chi connectivity index (χ1n) is 9.87. The fraction of sp³-hybridized carbons (Fsp3) is 0.300. The van der Waals surface area contributed by atoms with Crippen LogP contribution in [0.2, 0.25) is 0 Å². The number of nitro benzene ring substituents is 1. The van der Waals surface area contributed by atoms with Crippen molar-refractivity contribution < 1.29 is 14.5 Å². The smallest absolute Gasteiger partial charge is 0.376 e. The van der Waals surface area contributed by atoms with Crippen LogP contribution in [-0.2, 0) is 17.6 Å². The van der Waals surface area contributed by atoms with Crippen molar-refractivity contribution in [3.63, 3.8) is 0 Å². The monoisotopic (exact) mass is 439 g/mol. The molecular formula is C20H17N5O5S. The topological polar surface area (TPSA) is 122 Å². The van der Waals surface area contributed by atoms with Crippen LogP contribution in [0.25, 0.3) is 21.7 Å². The molecule has 0 N–H and O–H groups in total. The van der Waals surface area contributed by atoms with Gasteiger partial charge in [0.15, 0.2) is 0 Å². The van der Waals surface area contributed by atoms with Crippen molar-refractivity contribution >= 4 is 39.0 Å². The lowest BCUT2D eigenvalue weighted by molar-refractivity contribution is -0.384. The number of esters is 1. The number of aromatic nitrogens is 4. The molecule has 0 atom stereocenters. The van der Waals surface area contributed by atoms with E-state index in [0.717, 1.165) is 36.1 Å². The van der Waals surface area contributed by atoms with E-state index in [4.69, 9.17) is 4.74 Å². The maximum absolute atomic E-state index is 13.5. The zero-order valence-electron chi connectivity index (χ0n) is 16.5. The minimum atomic E-state index is -0.736. The largest absolute Gasteiger partial charge is 0.460 e. The fourth-order valence-electron chi connectivity index (χ4n) is 3.93. The molecule has 1 aliphatic rings. The molecule has 4 aromatic rings. The van der Waals surface area contributed by atoms with Crippen molar-refractivity contribution in [2.75, 3.05) is 6.61 Å². The third-order valence-corrected chi connectivity index (χ3v) is 6.52. The maximum atomic E-state index is 13.5. The Bertz CT molecular complexity index is 1420. The molecule has 0 bridgehead atoms. The van der Waals surface area contributed by atoms with Gasteiger partial charge in [0.1, 0.15) is 4.83 Å². The van der Waals surface area contributed by atoms with Crippen molar-refractivity contribution in [3.8, 4) is 5.69 Å². The summed E-state index contributed by atoms with van der Waals surface area (Å²) in [6.07, 6.45) is 3.80. The molecule has 0 saturated heterocycles. The molecule has 11 heteroatoms. The van der Waals surface area contributed by atoms with Crippen LogP contribution in [-0.4, -0.2) is 36.7 Å². The van der Waals surface area contributed by atoms with Gasteiger partial charge in [-0.2, -0.15) is 4.68 Å². The van der Waals surface area contributed by atoms with E-state index in [1.807, 2.05) is 0 Å². The number of benzene rings is 1. The summed E-state index contributed by atoms with van der Waals surface area (Å²) < 4.78 is 7.63. The van der Waals surface area contributed by atoms with Gasteiger partial charge >= 0.3 is 5.97 Å². The Morgan fingerprint density at radius 1 is 1.26 bits per heavy atom. The molecule has 0 amide bonds. The second-order valence-corrected chi connectivity index (χ2v) is 8.26. The van der Waals surface area contributed by atoms with Gasteiger partial charge in [-0.3, -0.25) is 14.9 Å². The number of nitrogens with zero attached hydrogens (tertiary/aromatic N) is 5. The minimum Gasteiger partial charge on any atom is -0.460 e. The number of fused-ring (bicyclic) bond motifs is 4. The summed E-state index contributed by atoms with van der Waals surface area (Å²) >= 11 is 1.50. The minimum absolute atomic E-state index is 0.0794. The third kappa shape index (κ3) is 3.00. The number of hydrogen-bond acceptors (Lipinski definition) is 8. The summed E-state index contributed by atoms with van der Waals surface area (Å²) in [6, 6.07) is 5.65. The molecule has 5 rings (SSSR count). The average molecular weight is 439 g/mol. The lowest BCUT2D eigenvalue weighted by atomic mass is 9.97. The van der Waals surface area contributed by atoms with E-state index in [-0.39, 0.29) is 29.5 Å². The van der Waals surface area contributed by atoms with Crippen molar-refractivity contribution in [2.45, 2.75) is 32.6 Å². The third-order valence-electron chi connectivity index (χ3n) is 5.33. The normalized spacial score (nSPS) is 13.5. The molecule has 0 saturated carbocycles. The number of carbonyl (C=O) groups is 1. The molecule has 1 aliphatic carbocycles. The van der Waals surface area contributed by atoms with Gasteiger partial charge in [-0.25, -0.2) is 14.2 Å². The van der Waals surface area contributed by atoms with Gasteiger partial charge in [-0.1, -0.05) is 0 Å². The summed E-state index contributed by atoms with van der Waals surface area (Å²) in [7, 11) is 0. The quantitative estimate of drug-likeness (QED) is 0.272. The number of hydrogen-bond donors (Lipinski definition) is 0. The van der Waals surface area contributed by atoms with Crippen LogP contribution >= 0.6 is 11.3 Å². The predicted octanol–water partition coefficient (Wildman–Crippen LogP) is 3.06. The van der Waals surface area contributed by atoms with E-state index in [2.05, 4.69) is 10.1 Å². The molecule has 0 unspecified atom stereocenters. The van der Waals surface area contributed by atoms with Gasteiger partial charge < -0.3 is 4.74 Å². The SMILES string of the molecule is CCOC(=O)c1nn(-c2ccc([N+](=O)[O-])cc2)c2nc3sc4c(c3c(=O)n12)CCCC4. The summed E-state index contributed by atoms with van der Waals surface area (Å²) in [4.78, 5) is 43.0. The van der Waals surface area contributed by atoms with E-state index >= 15 is 0 Å². The van der Waals surface area contributed by atoms with E-state index in [1.54, 1.807) is 6.92 Å². The number of non-ortho nitro benzene ring substituents is 1. The summed E-state index contributed by atoms with van der Waals surface area (Å²) in [5, 5.41) is 15.8. The number of nitro groups is 1. The van der Waals surface area contributed by atoms with E-state index in [9.17, 15) is 19.7 Å². The van der Waals surface area contributed by atoms with Crippen LogP contribution < -0.4 is 5.56 Å². The highest BCUT2D eigenvalue weighted by Gasteiger charge is 2.27. The molecule has 158 valence electrons. The zero-order valence-corrected chi connectivity index (χ0v) is 17.3. The standard InChI is InChI=1S/C20H17N5O5S/c1-2-30-19(27)16-22-24(11-7-9-12(10-8-11)25(28)29)20-21-17-15(18(26)23(16)20)13-5-3-4-6-14(13)31-17/h7-10H,2-6H2,1H3. The van der Waals surface area contributed by atoms with E-state index in [0.29, 0.717) is 15.9 Å². The molecule has 0 aliphatic heterocycles. The van der Waals surface area contributed by atoms with Crippen molar-refractivity contribution in [2.24, 2.45) is 0 Å². The second kappa shape index (κ2) is 7.27. The molecule has 3 aromatic heterocycles. The average Bonchev–Trinajstić information content (AvgIpc) is 3.33. The summed E-state index contributed by atoms with van der Waals surface area (Å²) in [5.74, 6) is -0.751. The van der Waals surface area contributed by atoms with Gasteiger partial charge in [0.25, 0.3) is 11.2 Å². The Kier molecular flexibility index (Phi) is 4.54. The first kappa shape index (κ1) is 19.4. The number of ether oxygens (including phenoxy) is 1. The molecule has 31 heavy (non-hydrogen) atoms. The highest BCUT2D eigenvalue weighted by Crippen LogP contribution is 2.34. The first-order chi connectivity index (χ1) is 15.0. The highest BCUT2D eigenvalue weighted by molar-refractivity contribution is 7.18. The van der Waals surface area contributed by atoms with Crippen molar-refractivity contribution in [1.82, 2.24) is 19.2 Å². The predicted molar refractivity (Wildman–Crippen MR) is 113 cm³/mol. The maximum Gasteiger partial charge on any atom is 0.376 e. The van der Waals surface area contributed by atoms with Crippen molar-refractivity contribution in [1.29, 1.82) is 0 Å². The summed E-state index contributed by atoms with van der Waals surface area (Å²) in [6.45, 7) is 1.80. The van der Waals surface area contributed by atoms with Crippen LogP contribution in [0.1, 0.15) is 40.8 Å². The molecule has 0 radical (unpaired) electrons. The van der Waals surface area contributed by atoms with E-state index < -0.39 is 10.9 Å². The summed E-state index contributed by atoms with van der Waals surface area (Å²) in [5.41, 5.74) is 1.02. The Hall–Kier alpha value is -3.60. The number of thiophene rings is 1. The Morgan fingerprint density at radius 2 is 2.00 bits per heavy atom. The number of rotatable bonds is 4. The van der Waals surface area contributed by atoms with Crippen LogP contribution in [0.5, 0.6) is 0 Å². The van der Waals surface area contributed by atoms with Crippen LogP contribution in [0.15, 0.2) is 29.1 Å². The van der Waals surface area contributed by atoms with Crippen LogP contribution in [0.4, 0.5) is 5.69 Å². The van der Waals surface area contributed by atoms with Gasteiger partial charge in [-0.15, -0.1) is 16.4 Å². The van der Waals surface area contributed by atoms with Gasteiger partial charge in [0.05, 0.1) is 22.6 Å². The molecule has 1 aromatic carbocycles. The lowest BCUT2D eigenvalue weighted by Gasteiger charge is -2.09. The number of aryl methyl sites for hydroxylation is 2. The van der Waals surface area contributed by atoms with E-state index in [1.165, 1.54) is 44.7 Å². The Labute approximate surface area is 178 Å². The lowest BCUT2D eigenvalue weighted by Crippen LogP contribution is -2.21. The first-order valence-corrected chi connectivity index (χ1v) is 10.7. The van der Waals surface area contributed by atoms with Crippen LogP contribution in [0.3, 0.4) is 0 Å². The fourth-order valence-corrected chi connectivity index (χ4v) is 5.17. The number of carbonyl (C=O) groups excluding carboxylic acids is 1. The second-order valence-electron chi connectivity index (χ2n) is 7.17. The molecule has 0 fully saturated rings. The zero-order chi connectivity index (χ0) is 21.7. The van der Waals surface area contributed by atoms with Gasteiger partial charge in [0.2, 0.25) is 11.6 Å².